The Bertz CT molecular complexity index is 1080. The number of hydrogen-bond donors (Lipinski definition) is 0. The van der Waals surface area contributed by atoms with E-state index < -0.39 is 0 Å². The normalized spacial score (nSPS) is 18.5. The van der Waals surface area contributed by atoms with Crippen LogP contribution in [0.1, 0.15) is 43.7 Å². The number of carbonyl (C=O) groups excluding carboxylic acids is 2. The molecule has 2 aliphatic rings. The molecule has 2 saturated heterocycles. The van der Waals surface area contributed by atoms with Gasteiger partial charge in [0.15, 0.2) is 0 Å². The minimum atomic E-state index is -0.0877. The van der Waals surface area contributed by atoms with Gasteiger partial charge in [0.05, 0.1) is 23.6 Å². The summed E-state index contributed by atoms with van der Waals surface area (Å²) in [5.74, 6) is 0.0763. The highest BCUT2D eigenvalue weighted by molar-refractivity contribution is 8.26. The summed E-state index contributed by atoms with van der Waals surface area (Å²) in [7, 11) is 1.61. The number of likely N-dealkylation sites (tertiary alicyclic amines) is 1. The molecule has 0 spiro atoms. The lowest BCUT2D eigenvalue weighted by Gasteiger charge is -2.21. The van der Waals surface area contributed by atoms with E-state index in [2.05, 4.69) is 23.6 Å². The van der Waals surface area contributed by atoms with E-state index in [1.165, 1.54) is 30.2 Å². The molecular weight excluding hydrogens is 454 g/mol. The second kappa shape index (κ2) is 10.8. The molecule has 0 N–H and O–H groups in total. The van der Waals surface area contributed by atoms with Crippen molar-refractivity contribution in [2.24, 2.45) is 0 Å². The zero-order valence-electron chi connectivity index (χ0n) is 19.3. The summed E-state index contributed by atoms with van der Waals surface area (Å²) in [6, 6.07) is 6.23. The highest BCUT2D eigenvalue weighted by atomic mass is 32.2. The standard InChI is InChI=1S/C25H31N3O3S2/c1-3-18-9-8-10-20-19(15-21-24(30)28(13-14-31-2)25(32)33-21)16-27(23(18)20)17-22(29)26-11-6-4-5-7-12-26/h8-10,15-16H,3-7,11-14,17H2,1-2H3/b21-15-. The third-order valence-electron chi connectivity index (χ3n) is 6.34. The molecule has 0 radical (unpaired) electrons. The largest absolute Gasteiger partial charge is 0.383 e. The van der Waals surface area contributed by atoms with Crippen LogP contribution < -0.4 is 0 Å². The number of para-hydroxylation sites is 1. The highest BCUT2D eigenvalue weighted by Crippen LogP contribution is 2.35. The van der Waals surface area contributed by atoms with Crippen molar-refractivity contribution in [1.82, 2.24) is 14.4 Å². The van der Waals surface area contributed by atoms with Gasteiger partial charge in [0.25, 0.3) is 5.91 Å². The van der Waals surface area contributed by atoms with E-state index in [1.807, 2.05) is 23.2 Å². The number of nitrogens with zero attached hydrogens (tertiary/aromatic N) is 3. The summed E-state index contributed by atoms with van der Waals surface area (Å²) in [5, 5.41) is 1.06. The van der Waals surface area contributed by atoms with Crippen LogP contribution in [0.15, 0.2) is 29.3 Å². The van der Waals surface area contributed by atoms with Gasteiger partial charge in [0.1, 0.15) is 10.9 Å². The fourth-order valence-corrected chi connectivity index (χ4v) is 5.87. The summed E-state index contributed by atoms with van der Waals surface area (Å²) in [6.45, 7) is 5.02. The van der Waals surface area contributed by atoms with Gasteiger partial charge in [0.2, 0.25) is 5.91 Å². The van der Waals surface area contributed by atoms with Gasteiger partial charge in [-0.25, -0.2) is 0 Å². The molecule has 8 heteroatoms. The van der Waals surface area contributed by atoms with Gasteiger partial charge in [-0.1, -0.05) is 61.9 Å². The Balaban J connectivity index is 1.67. The maximum atomic E-state index is 13.2. The van der Waals surface area contributed by atoms with Crippen LogP contribution in [0.3, 0.4) is 0 Å². The summed E-state index contributed by atoms with van der Waals surface area (Å²) in [5.41, 5.74) is 3.21. The molecule has 33 heavy (non-hydrogen) atoms. The molecule has 1 aromatic carbocycles. The topological polar surface area (TPSA) is 54.8 Å². The fraction of sp³-hybridized carbons (Fsp3) is 0.480. The first-order valence-corrected chi connectivity index (χ1v) is 12.9. The number of ether oxygens (including phenoxy) is 1. The summed E-state index contributed by atoms with van der Waals surface area (Å²) < 4.78 is 7.74. The number of thioether (sulfide) groups is 1. The van der Waals surface area contributed by atoms with Gasteiger partial charge in [-0.05, 0) is 30.9 Å². The lowest BCUT2D eigenvalue weighted by atomic mass is 10.1. The number of thiocarbonyl (C=S) groups is 1. The Labute approximate surface area is 204 Å². The second-order valence-electron chi connectivity index (χ2n) is 8.50. The first-order chi connectivity index (χ1) is 16.0. The van der Waals surface area contributed by atoms with Crippen molar-refractivity contribution in [2.45, 2.75) is 45.6 Å². The van der Waals surface area contributed by atoms with Crippen molar-refractivity contribution in [3.8, 4) is 0 Å². The van der Waals surface area contributed by atoms with Crippen molar-refractivity contribution in [1.29, 1.82) is 0 Å². The number of amides is 2. The zero-order valence-corrected chi connectivity index (χ0v) is 21.0. The number of rotatable bonds is 7. The minimum absolute atomic E-state index is 0.0877. The van der Waals surface area contributed by atoms with E-state index in [-0.39, 0.29) is 11.8 Å². The van der Waals surface area contributed by atoms with Crippen LogP contribution in [0.5, 0.6) is 0 Å². The Morgan fingerprint density at radius 1 is 1.21 bits per heavy atom. The summed E-state index contributed by atoms with van der Waals surface area (Å²) in [4.78, 5) is 30.3. The molecule has 0 saturated carbocycles. The monoisotopic (exact) mass is 485 g/mol. The van der Waals surface area contributed by atoms with Crippen molar-refractivity contribution >= 4 is 57.1 Å². The van der Waals surface area contributed by atoms with E-state index in [0.717, 1.165) is 48.8 Å². The molecule has 2 amide bonds. The number of fused-ring (bicyclic) bond motifs is 1. The minimum Gasteiger partial charge on any atom is -0.383 e. The maximum Gasteiger partial charge on any atom is 0.266 e. The maximum absolute atomic E-state index is 13.2. The molecule has 1 aromatic heterocycles. The number of aromatic nitrogens is 1. The third kappa shape index (κ3) is 5.18. The van der Waals surface area contributed by atoms with Crippen molar-refractivity contribution in [3.05, 3.63) is 40.4 Å². The predicted octanol–water partition coefficient (Wildman–Crippen LogP) is 4.45. The van der Waals surface area contributed by atoms with Gasteiger partial charge >= 0.3 is 0 Å². The summed E-state index contributed by atoms with van der Waals surface area (Å²) >= 11 is 6.74. The molecule has 0 aliphatic carbocycles. The average Bonchev–Trinajstić information content (AvgIpc) is 3.13. The van der Waals surface area contributed by atoms with E-state index in [9.17, 15) is 9.59 Å². The Morgan fingerprint density at radius 3 is 2.67 bits per heavy atom. The predicted molar refractivity (Wildman–Crippen MR) is 138 cm³/mol. The lowest BCUT2D eigenvalue weighted by molar-refractivity contribution is -0.131. The van der Waals surface area contributed by atoms with Gasteiger partial charge < -0.3 is 14.2 Å². The second-order valence-corrected chi connectivity index (χ2v) is 10.2. The van der Waals surface area contributed by atoms with Crippen LogP contribution in [0.4, 0.5) is 0 Å². The van der Waals surface area contributed by atoms with Gasteiger partial charge in [-0.15, -0.1) is 0 Å². The number of aryl methyl sites for hydroxylation is 1. The number of hydrogen-bond acceptors (Lipinski definition) is 5. The van der Waals surface area contributed by atoms with Gasteiger partial charge in [-0.3, -0.25) is 14.5 Å². The van der Waals surface area contributed by atoms with Crippen LogP contribution in [0.2, 0.25) is 0 Å². The Morgan fingerprint density at radius 2 is 1.97 bits per heavy atom. The highest BCUT2D eigenvalue weighted by Gasteiger charge is 2.32. The molecule has 176 valence electrons. The molecule has 2 fully saturated rings. The molecule has 2 aromatic rings. The van der Waals surface area contributed by atoms with Crippen LogP contribution in [-0.4, -0.2) is 63.9 Å². The zero-order chi connectivity index (χ0) is 23.4. The van der Waals surface area contributed by atoms with Crippen molar-refractivity contribution in [2.75, 3.05) is 33.4 Å². The van der Waals surface area contributed by atoms with Crippen LogP contribution >= 0.6 is 24.0 Å². The third-order valence-corrected chi connectivity index (χ3v) is 7.71. The van der Waals surface area contributed by atoms with E-state index in [1.54, 1.807) is 12.0 Å². The molecular formula is C25H31N3O3S2. The number of methoxy groups -OCH3 is 1. The molecule has 6 nitrogen and oxygen atoms in total. The molecule has 4 rings (SSSR count). The van der Waals surface area contributed by atoms with Crippen molar-refractivity contribution in [3.63, 3.8) is 0 Å². The average molecular weight is 486 g/mol. The molecule has 0 bridgehead atoms. The summed E-state index contributed by atoms with van der Waals surface area (Å²) in [6.07, 6.45) is 9.36. The number of benzene rings is 1. The lowest BCUT2D eigenvalue weighted by Crippen LogP contribution is -2.34. The van der Waals surface area contributed by atoms with Crippen LogP contribution in [-0.2, 0) is 27.3 Å². The SMILES string of the molecule is CCc1cccc2c(/C=C3\SC(=S)N(CCOC)C3=O)cn(CC(=O)N3CCCCCC3)c12. The van der Waals surface area contributed by atoms with Crippen LogP contribution in [0, 0.1) is 0 Å². The first-order valence-electron chi connectivity index (χ1n) is 11.7. The van der Waals surface area contributed by atoms with E-state index in [4.69, 9.17) is 17.0 Å². The quantitative estimate of drug-likeness (QED) is 0.428. The van der Waals surface area contributed by atoms with Crippen molar-refractivity contribution < 1.29 is 14.3 Å². The Hall–Kier alpha value is -2.16. The van der Waals surface area contributed by atoms with Gasteiger partial charge in [0, 0.05) is 37.3 Å². The van der Waals surface area contributed by atoms with E-state index in [0.29, 0.717) is 28.9 Å². The smallest absolute Gasteiger partial charge is 0.266 e. The van der Waals surface area contributed by atoms with E-state index >= 15 is 0 Å². The molecule has 0 atom stereocenters. The molecule has 0 unspecified atom stereocenters. The molecule has 3 heterocycles. The van der Waals surface area contributed by atoms with Gasteiger partial charge in [-0.2, -0.15) is 0 Å². The number of carbonyl (C=O) groups is 2. The van der Waals surface area contributed by atoms with Crippen LogP contribution in [0.25, 0.3) is 17.0 Å². The molecule has 2 aliphatic heterocycles. The fourth-order valence-electron chi connectivity index (χ4n) is 4.57. The first kappa shape index (κ1) is 24.0. The Kier molecular flexibility index (Phi) is 7.88.